The molecule has 1 saturated carbocycles. The van der Waals surface area contributed by atoms with Gasteiger partial charge >= 0.3 is 0 Å². The van der Waals surface area contributed by atoms with E-state index < -0.39 is 17.5 Å². The minimum absolute atomic E-state index is 0.0108. The van der Waals surface area contributed by atoms with Gasteiger partial charge in [0.2, 0.25) is 0 Å². The van der Waals surface area contributed by atoms with E-state index in [-0.39, 0.29) is 46.7 Å². The number of nitrogens with two attached hydrogens (primary N) is 1. The highest BCUT2D eigenvalue weighted by atomic mass is 19.1. The lowest BCUT2D eigenvalue weighted by atomic mass is 9.73. The Morgan fingerprint density at radius 1 is 1.14 bits per heavy atom. The van der Waals surface area contributed by atoms with Crippen molar-refractivity contribution in [3.8, 4) is 17.0 Å². The molecule has 36 heavy (non-hydrogen) atoms. The van der Waals surface area contributed by atoms with Crippen LogP contribution in [0.25, 0.3) is 11.3 Å². The summed E-state index contributed by atoms with van der Waals surface area (Å²) in [6.07, 6.45) is 5.74. The van der Waals surface area contributed by atoms with Gasteiger partial charge in [0.15, 0.2) is 0 Å². The van der Waals surface area contributed by atoms with Crippen molar-refractivity contribution in [1.29, 1.82) is 0 Å². The quantitative estimate of drug-likeness (QED) is 0.481. The average molecular weight is 497 g/mol. The number of pyridine rings is 2. The van der Waals surface area contributed by atoms with Crippen LogP contribution in [0.2, 0.25) is 0 Å². The van der Waals surface area contributed by atoms with Crippen LogP contribution in [0.15, 0.2) is 48.8 Å². The molecule has 1 fully saturated rings. The molecule has 0 radical (unpaired) electrons. The molecule has 2 aromatic heterocycles. The number of amides is 1. The van der Waals surface area contributed by atoms with E-state index in [4.69, 9.17) is 15.2 Å². The standard InChI is InChI=1S/C27H30F2N4O3/c1-4-15-12-16(13-20(30)26(15)36-3)17-10-11-31-14-22(17)33-27(34)21-9-8-19(29)25(32-21)24-18(28)6-5-7-23(24)35-2/h5-11,14-16,20,26H,4,12-13,30H2,1-3H3,(H,33,34)/t15-,16+,20+,26-/m0/s1. The first-order valence-corrected chi connectivity index (χ1v) is 11.9. The molecule has 0 saturated heterocycles. The zero-order valence-electron chi connectivity index (χ0n) is 20.5. The molecular formula is C27H30F2N4O3. The molecule has 4 rings (SSSR count). The van der Waals surface area contributed by atoms with Gasteiger partial charge in [0.25, 0.3) is 5.91 Å². The molecule has 0 unspecified atom stereocenters. The first-order chi connectivity index (χ1) is 17.4. The highest BCUT2D eigenvalue weighted by Crippen LogP contribution is 2.41. The van der Waals surface area contributed by atoms with Crippen molar-refractivity contribution < 1.29 is 23.0 Å². The molecule has 1 aliphatic rings. The number of rotatable bonds is 7. The normalized spacial score (nSPS) is 21.7. The van der Waals surface area contributed by atoms with Crippen LogP contribution in [-0.2, 0) is 4.74 Å². The third-order valence-electron chi connectivity index (χ3n) is 6.88. The first kappa shape index (κ1) is 25.7. The van der Waals surface area contributed by atoms with Gasteiger partial charge in [-0.25, -0.2) is 13.8 Å². The summed E-state index contributed by atoms with van der Waals surface area (Å²) in [7, 11) is 3.04. The molecule has 0 spiro atoms. The maximum absolute atomic E-state index is 14.7. The minimum Gasteiger partial charge on any atom is -0.496 e. The average Bonchev–Trinajstić information content (AvgIpc) is 2.88. The molecule has 3 aromatic rings. The van der Waals surface area contributed by atoms with Crippen molar-refractivity contribution in [3.05, 3.63) is 71.7 Å². The van der Waals surface area contributed by atoms with Gasteiger partial charge in [-0.3, -0.25) is 9.78 Å². The SMILES string of the molecule is CC[C@H]1C[C@@H](c2ccncc2NC(=O)c2ccc(F)c(-c3c(F)cccc3OC)n2)C[C@@H](N)[C@H]1OC. The second kappa shape index (κ2) is 11.1. The van der Waals surface area contributed by atoms with Crippen molar-refractivity contribution in [1.82, 2.24) is 9.97 Å². The number of methoxy groups -OCH3 is 2. The molecule has 0 bridgehead atoms. The van der Waals surface area contributed by atoms with Crippen LogP contribution >= 0.6 is 0 Å². The number of halogens is 2. The molecule has 7 nitrogen and oxygen atoms in total. The number of hydrogen-bond donors (Lipinski definition) is 2. The van der Waals surface area contributed by atoms with Gasteiger partial charge in [0, 0.05) is 19.3 Å². The van der Waals surface area contributed by atoms with Crippen LogP contribution in [-0.4, -0.2) is 42.2 Å². The number of nitrogens with zero attached hydrogens (tertiary/aromatic N) is 2. The van der Waals surface area contributed by atoms with Crippen molar-refractivity contribution >= 4 is 11.6 Å². The molecular weight excluding hydrogens is 466 g/mol. The molecule has 2 heterocycles. The maximum Gasteiger partial charge on any atom is 0.274 e. The number of benzene rings is 1. The summed E-state index contributed by atoms with van der Waals surface area (Å²) in [5.41, 5.74) is 7.35. The summed E-state index contributed by atoms with van der Waals surface area (Å²) in [6.45, 7) is 2.11. The monoisotopic (exact) mass is 496 g/mol. The zero-order chi connectivity index (χ0) is 25.8. The lowest BCUT2D eigenvalue weighted by molar-refractivity contribution is 0.00154. The van der Waals surface area contributed by atoms with Gasteiger partial charge in [0.1, 0.15) is 28.8 Å². The fraction of sp³-hybridized carbons (Fsp3) is 0.370. The second-order valence-corrected chi connectivity index (χ2v) is 8.96. The van der Waals surface area contributed by atoms with Gasteiger partial charge in [-0.2, -0.15) is 0 Å². The number of anilines is 1. The van der Waals surface area contributed by atoms with Crippen LogP contribution in [0.3, 0.4) is 0 Å². The summed E-state index contributed by atoms with van der Waals surface area (Å²) in [5, 5.41) is 2.85. The van der Waals surface area contributed by atoms with Crippen LogP contribution in [0.4, 0.5) is 14.5 Å². The van der Waals surface area contributed by atoms with Gasteiger partial charge in [-0.05, 0) is 60.6 Å². The molecule has 4 atom stereocenters. The Labute approximate surface area is 209 Å². The van der Waals surface area contributed by atoms with Gasteiger partial charge in [-0.1, -0.05) is 19.4 Å². The Balaban J connectivity index is 1.63. The summed E-state index contributed by atoms with van der Waals surface area (Å²) in [5.74, 6) is -1.54. The minimum atomic E-state index is -0.772. The molecule has 1 aliphatic carbocycles. The lowest BCUT2D eigenvalue weighted by Gasteiger charge is -2.39. The van der Waals surface area contributed by atoms with Crippen molar-refractivity contribution in [2.75, 3.05) is 19.5 Å². The Morgan fingerprint density at radius 2 is 1.94 bits per heavy atom. The van der Waals surface area contributed by atoms with E-state index in [1.165, 1.54) is 31.4 Å². The number of carbonyl (C=O) groups excluding carboxylic acids is 1. The third-order valence-corrected chi connectivity index (χ3v) is 6.88. The summed E-state index contributed by atoms with van der Waals surface area (Å²) >= 11 is 0. The zero-order valence-corrected chi connectivity index (χ0v) is 20.5. The molecule has 1 amide bonds. The third kappa shape index (κ3) is 5.08. The van der Waals surface area contributed by atoms with Crippen LogP contribution < -0.4 is 15.8 Å². The Hall–Kier alpha value is -3.43. The van der Waals surface area contributed by atoms with Crippen LogP contribution in [0.1, 0.15) is 48.2 Å². The fourth-order valence-corrected chi connectivity index (χ4v) is 5.13. The van der Waals surface area contributed by atoms with E-state index in [9.17, 15) is 13.6 Å². The molecule has 190 valence electrons. The second-order valence-electron chi connectivity index (χ2n) is 8.96. The van der Waals surface area contributed by atoms with Crippen LogP contribution in [0, 0.1) is 17.6 Å². The number of carbonyl (C=O) groups is 1. The number of nitrogens with one attached hydrogen (secondary N) is 1. The molecule has 0 aliphatic heterocycles. The number of hydrogen-bond acceptors (Lipinski definition) is 6. The summed E-state index contributed by atoms with van der Waals surface area (Å²) in [4.78, 5) is 21.5. The Bertz CT molecular complexity index is 1240. The van der Waals surface area contributed by atoms with Crippen molar-refractivity contribution in [2.45, 2.75) is 44.2 Å². The van der Waals surface area contributed by atoms with E-state index in [0.29, 0.717) is 12.1 Å². The largest absolute Gasteiger partial charge is 0.496 e. The highest BCUT2D eigenvalue weighted by Gasteiger charge is 2.36. The molecule has 1 aromatic carbocycles. The van der Waals surface area contributed by atoms with E-state index >= 15 is 0 Å². The van der Waals surface area contributed by atoms with Gasteiger partial charge in [0.05, 0.1) is 30.7 Å². The van der Waals surface area contributed by atoms with E-state index in [0.717, 1.165) is 24.5 Å². The van der Waals surface area contributed by atoms with Crippen molar-refractivity contribution in [2.24, 2.45) is 11.7 Å². The van der Waals surface area contributed by atoms with Gasteiger partial charge < -0.3 is 20.5 Å². The molecule has 3 N–H and O–H groups in total. The first-order valence-electron chi connectivity index (χ1n) is 11.9. The smallest absolute Gasteiger partial charge is 0.274 e. The fourth-order valence-electron chi connectivity index (χ4n) is 5.13. The van der Waals surface area contributed by atoms with E-state index in [2.05, 4.69) is 22.2 Å². The summed E-state index contributed by atoms with van der Waals surface area (Å²) < 4.78 is 40.1. The summed E-state index contributed by atoms with van der Waals surface area (Å²) in [6, 6.07) is 8.22. The van der Waals surface area contributed by atoms with Crippen LogP contribution in [0.5, 0.6) is 5.75 Å². The molecule has 9 heteroatoms. The predicted octanol–water partition coefficient (Wildman–Crippen LogP) is 4.93. The Morgan fingerprint density at radius 3 is 2.67 bits per heavy atom. The Kier molecular flexibility index (Phi) is 7.91. The van der Waals surface area contributed by atoms with E-state index in [1.807, 2.05) is 6.07 Å². The highest BCUT2D eigenvalue weighted by molar-refractivity contribution is 6.03. The number of aromatic nitrogens is 2. The topological polar surface area (TPSA) is 99.4 Å². The maximum atomic E-state index is 14.7. The van der Waals surface area contributed by atoms with Crippen molar-refractivity contribution in [3.63, 3.8) is 0 Å². The van der Waals surface area contributed by atoms with E-state index in [1.54, 1.807) is 19.5 Å². The van der Waals surface area contributed by atoms with Gasteiger partial charge in [-0.15, -0.1) is 0 Å². The predicted molar refractivity (Wildman–Crippen MR) is 133 cm³/mol. The number of ether oxygens (including phenoxy) is 2. The lowest BCUT2D eigenvalue weighted by Crippen LogP contribution is -2.46.